The minimum Gasteiger partial charge on any atom is -0.338 e. The molecule has 104 valence electrons. The number of thioether (sulfide) groups is 1. The van der Waals surface area contributed by atoms with Crippen molar-refractivity contribution in [2.45, 2.75) is 25.9 Å². The van der Waals surface area contributed by atoms with Crippen LogP contribution in [0.3, 0.4) is 0 Å². The Hall–Kier alpha value is -1.00. The molecule has 1 atom stereocenters. The largest absolute Gasteiger partial charge is 0.338 e. The van der Waals surface area contributed by atoms with E-state index < -0.39 is 0 Å². The highest BCUT2D eigenvalue weighted by molar-refractivity contribution is 7.98. The van der Waals surface area contributed by atoms with Gasteiger partial charge in [-0.25, -0.2) is 0 Å². The van der Waals surface area contributed by atoms with E-state index in [1.54, 1.807) is 11.8 Å². The van der Waals surface area contributed by atoms with Crippen molar-refractivity contribution in [3.8, 4) is 0 Å². The molecule has 0 aliphatic carbocycles. The molecule has 2 rings (SSSR count). The van der Waals surface area contributed by atoms with Gasteiger partial charge in [0, 0.05) is 31.0 Å². The number of carbonyl (C=O) groups is 1. The smallest absolute Gasteiger partial charge is 0.254 e. The van der Waals surface area contributed by atoms with Gasteiger partial charge in [-0.2, -0.15) is 11.8 Å². The summed E-state index contributed by atoms with van der Waals surface area (Å²) in [5.74, 6) is 1.12. The van der Waals surface area contributed by atoms with Crippen LogP contribution in [0.1, 0.15) is 28.4 Å². The lowest BCUT2D eigenvalue weighted by atomic mass is 9.94. The van der Waals surface area contributed by atoms with Gasteiger partial charge in [-0.1, -0.05) is 12.1 Å². The Bertz CT molecular complexity index is 461. The predicted molar refractivity (Wildman–Crippen MR) is 81.8 cm³/mol. The van der Waals surface area contributed by atoms with Crippen molar-refractivity contribution < 1.29 is 4.79 Å². The van der Waals surface area contributed by atoms with E-state index in [1.807, 2.05) is 24.1 Å². The van der Waals surface area contributed by atoms with Crippen LogP contribution in [-0.4, -0.2) is 42.4 Å². The molecule has 1 amide bonds. The standard InChI is InChI=1S/C15H22N2OS/c1-11(10-19-3)17(2)15(18)14-6-4-5-12-9-16-8-7-13(12)14/h4-6,11,16H,7-10H2,1-3H3. The fourth-order valence-corrected chi connectivity index (χ4v) is 3.18. The summed E-state index contributed by atoms with van der Waals surface area (Å²) in [4.78, 5) is 14.5. The van der Waals surface area contributed by atoms with E-state index in [0.717, 1.165) is 30.8 Å². The van der Waals surface area contributed by atoms with Gasteiger partial charge < -0.3 is 10.2 Å². The van der Waals surface area contributed by atoms with E-state index in [1.165, 1.54) is 11.1 Å². The van der Waals surface area contributed by atoms with Crippen molar-refractivity contribution >= 4 is 17.7 Å². The zero-order valence-corrected chi connectivity index (χ0v) is 12.7. The molecule has 1 aliphatic rings. The highest BCUT2D eigenvalue weighted by Crippen LogP contribution is 2.21. The van der Waals surface area contributed by atoms with Gasteiger partial charge in [0.15, 0.2) is 0 Å². The molecule has 1 N–H and O–H groups in total. The van der Waals surface area contributed by atoms with Gasteiger partial charge in [0.2, 0.25) is 0 Å². The molecule has 19 heavy (non-hydrogen) atoms. The van der Waals surface area contributed by atoms with Crippen molar-refractivity contribution in [2.24, 2.45) is 0 Å². The molecular weight excluding hydrogens is 256 g/mol. The first-order valence-electron chi connectivity index (χ1n) is 6.72. The Morgan fingerprint density at radius 3 is 3.05 bits per heavy atom. The second-order valence-electron chi connectivity index (χ2n) is 5.09. The SMILES string of the molecule is CSCC(C)N(C)C(=O)c1cccc2c1CCNC2. The molecule has 4 heteroatoms. The second-order valence-corrected chi connectivity index (χ2v) is 6.00. The summed E-state index contributed by atoms with van der Waals surface area (Å²) < 4.78 is 0. The maximum absolute atomic E-state index is 12.6. The Labute approximate surface area is 119 Å². The lowest BCUT2D eigenvalue weighted by Gasteiger charge is -2.27. The molecule has 3 nitrogen and oxygen atoms in total. The number of hydrogen-bond donors (Lipinski definition) is 1. The number of nitrogens with zero attached hydrogens (tertiary/aromatic N) is 1. The summed E-state index contributed by atoms with van der Waals surface area (Å²) in [6, 6.07) is 6.34. The Kier molecular flexibility index (Phi) is 4.88. The van der Waals surface area contributed by atoms with Gasteiger partial charge in [-0.3, -0.25) is 4.79 Å². The second kappa shape index (κ2) is 6.44. The van der Waals surface area contributed by atoms with Gasteiger partial charge in [0.1, 0.15) is 0 Å². The van der Waals surface area contributed by atoms with E-state index in [4.69, 9.17) is 0 Å². The number of carbonyl (C=O) groups excluding carboxylic acids is 1. The number of benzene rings is 1. The van der Waals surface area contributed by atoms with Crippen LogP contribution in [0.15, 0.2) is 18.2 Å². The van der Waals surface area contributed by atoms with E-state index in [2.05, 4.69) is 24.6 Å². The van der Waals surface area contributed by atoms with Crippen LogP contribution < -0.4 is 5.32 Å². The summed E-state index contributed by atoms with van der Waals surface area (Å²) >= 11 is 1.78. The van der Waals surface area contributed by atoms with E-state index in [-0.39, 0.29) is 11.9 Å². The monoisotopic (exact) mass is 278 g/mol. The van der Waals surface area contributed by atoms with Gasteiger partial charge in [0.25, 0.3) is 5.91 Å². The zero-order chi connectivity index (χ0) is 13.8. The average Bonchev–Trinajstić information content (AvgIpc) is 2.45. The van der Waals surface area contributed by atoms with Crippen molar-refractivity contribution in [1.82, 2.24) is 10.2 Å². The predicted octanol–water partition coefficient (Wildman–Crippen LogP) is 2.16. The normalized spacial score (nSPS) is 15.7. The van der Waals surface area contributed by atoms with Crippen molar-refractivity contribution in [1.29, 1.82) is 0 Å². The van der Waals surface area contributed by atoms with Crippen LogP contribution in [0, 0.1) is 0 Å². The van der Waals surface area contributed by atoms with Crippen LogP contribution in [0.25, 0.3) is 0 Å². The van der Waals surface area contributed by atoms with Crippen molar-refractivity contribution in [2.75, 3.05) is 25.6 Å². The molecule has 0 fully saturated rings. The lowest BCUT2D eigenvalue weighted by Crippen LogP contribution is -2.38. The summed E-state index contributed by atoms with van der Waals surface area (Å²) in [6.07, 6.45) is 3.02. The maximum atomic E-state index is 12.6. The van der Waals surface area contributed by atoms with E-state index >= 15 is 0 Å². The fourth-order valence-electron chi connectivity index (χ4n) is 2.48. The topological polar surface area (TPSA) is 32.3 Å². The highest BCUT2D eigenvalue weighted by atomic mass is 32.2. The summed E-state index contributed by atoms with van der Waals surface area (Å²) in [7, 11) is 1.91. The number of amides is 1. The third kappa shape index (κ3) is 3.12. The minimum absolute atomic E-state index is 0.153. The van der Waals surface area contributed by atoms with Crippen LogP contribution in [-0.2, 0) is 13.0 Å². The molecule has 1 aromatic rings. The van der Waals surface area contributed by atoms with Gasteiger partial charge in [-0.15, -0.1) is 0 Å². The van der Waals surface area contributed by atoms with Gasteiger partial charge >= 0.3 is 0 Å². The molecule has 0 spiro atoms. The fraction of sp³-hybridized carbons (Fsp3) is 0.533. The highest BCUT2D eigenvalue weighted by Gasteiger charge is 2.22. The van der Waals surface area contributed by atoms with Crippen molar-refractivity contribution in [3.63, 3.8) is 0 Å². The number of fused-ring (bicyclic) bond motifs is 1. The molecule has 1 aromatic carbocycles. The molecule has 1 aliphatic heterocycles. The zero-order valence-electron chi connectivity index (χ0n) is 11.9. The Morgan fingerprint density at radius 1 is 1.53 bits per heavy atom. The first kappa shape index (κ1) is 14.4. The summed E-state index contributed by atoms with van der Waals surface area (Å²) in [5.41, 5.74) is 3.38. The van der Waals surface area contributed by atoms with E-state index in [9.17, 15) is 4.79 Å². The molecule has 0 bridgehead atoms. The molecule has 0 saturated heterocycles. The van der Waals surface area contributed by atoms with E-state index in [0.29, 0.717) is 0 Å². The number of rotatable bonds is 4. The molecule has 0 aromatic heterocycles. The molecule has 0 radical (unpaired) electrons. The number of hydrogen-bond acceptors (Lipinski definition) is 3. The third-order valence-electron chi connectivity index (χ3n) is 3.76. The van der Waals surface area contributed by atoms with Crippen LogP contribution >= 0.6 is 11.8 Å². The quantitative estimate of drug-likeness (QED) is 0.916. The van der Waals surface area contributed by atoms with Crippen molar-refractivity contribution in [3.05, 3.63) is 34.9 Å². The van der Waals surface area contributed by atoms with Gasteiger partial charge in [-0.05, 0) is 43.3 Å². The molecule has 1 unspecified atom stereocenters. The van der Waals surface area contributed by atoms with Crippen LogP contribution in [0.4, 0.5) is 0 Å². The van der Waals surface area contributed by atoms with Gasteiger partial charge in [0.05, 0.1) is 0 Å². The molecule has 0 saturated carbocycles. The Morgan fingerprint density at radius 2 is 2.32 bits per heavy atom. The minimum atomic E-state index is 0.153. The molecule has 1 heterocycles. The average molecular weight is 278 g/mol. The first-order valence-corrected chi connectivity index (χ1v) is 8.12. The first-order chi connectivity index (χ1) is 9.15. The molecular formula is C15H22N2OS. The maximum Gasteiger partial charge on any atom is 0.254 e. The number of nitrogens with one attached hydrogen (secondary N) is 1. The summed E-state index contributed by atoms with van der Waals surface area (Å²) in [6.45, 7) is 3.94. The van der Waals surface area contributed by atoms with Crippen LogP contribution in [0.2, 0.25) is 0 Å². The lowest BCUT2D eigenvalue weighted by molar-refractivity contribution is 0.0756. The van der Waals surface area contributed by atoms with Crippen LogP contribution in [0.5, 0.6) is 0 Å². The third-order valence-corrected chi connectivity index (χ3v) is 4.58. The summed E-state index contributed by atoms with van der Waals surface area (Å²) in [5, 5.41) is 3.35. The Balaban J connectivity index is 2.24.